The van der Waals surface area contributed by atoms with Crippen molar-refractivity contribution in [1.82, 2.24) is 9.97 Å². The number of rotatable bonds is 4. The highest BCUT2D eigenvalue weighted by Gasteiger charge is 2.20. The Morgan fingerprint density at radius 3 is 3.00 bits per heavy atom. The van der Waals surface area contributed by atoms with E-state index < -0.39 is 0 Å². The van der Waals surface area contributed by atoms with Gasteiger partial charge >= 0.3 is 0 Å². The van der Waals surface area contributed by atoms with Gasteiger partial charge in [0.1, 0.15) is 16.2 Å². The van der Waals surface area contributed by atoms with Gasteiger partial charge in [0.05, 0.1) is 6.04 Å². The van der Waals surface area contributed by atoms with E-state index in [-0.39, 0.29) is 0 Å². The first-order chi connectivity index (χ1) is 10.3. The maximum absolute atomic E-state index is 4.64. The molecule has 1 N–H and O–H groups in total. The summed E-state index contributed by atoms with van der Waals surface area (Å²) >= 11 is 3.49. The van der Waals surface area contributed by atoms with E-state index in [1.165, 1.54) is 24.0 Å². The molecule has 3 rings (SSSR count). The summed E-state index contributed by atoms with van der Waals surface area (Å²) in [6.07, 6.45) is 5.53. The Labute approximate surface area is 134 Å². The lowest BCUT2D eigenvalue weighted by Crippen LogP contribution is -2.18. The van der Waals surface area contributed by atoms with Crippen LogP contribution in [0.2, 0.25) is 0 Å². The van der Waals surface area contributed by atoms with Crippen LogP contribution >= 0.6 is 15.9 Å². The van der Waals surface area contributed by atoms with Crippen molar-refractivity contribution in [2.75, 3.05) is 5.32 Å². The molecule has 0 saturated carbocycles. The quantitative estimate of drug-likeness (QED) is 0.817. The number of nitrogens with zero attached hydrogens (tertiary/aromatic N) is 2. The van der Waals surface area contributed by atoms with Crippen LogP contribution in [-0.2, 0) is 12.8 Å². The predicted octanol–water partition coefficient (Wildman–Crippen LogP) is 4.68. The normalized spacial score (nSPS) is 17.3. The SMILES string of the molecule is CCCc1nc(Br)cc(NC2CCCc3ccccc32)n1. The van der Waals surface area contributed by atoms with Crippen LogP contribution in [0.15, 0.2) is 34.9 Å². The minimum absolute atomic E-state index is 0.353. The summed E-state index contributed by atoms with van der Waals surface area (Å²) < 4.78 is 0.854. The fourth-order valence-electron chi connectivity index (χ4n) is 2.96. The molecule has 1 aromatic carbocycles. The number of anilines is 1. The summed E-state index contributed by atoms with van der Waals surface area (Å²) in [5.74, 6) is 1.82. The van der Waals surface area contributed by atoms with Gasteiger partial charge in [0, 0.05) is 12.5 Å². The molecule has 21 heavy (non-hydrogen) atoms. The Kier molecular flexibility index (Phi) is 4.54. The topological polar surface area (TPSA) is 37.8 Å². The summed E-state index contributed by atoms with van der Waals surface area (Å²) in [6, 6.07) is 11.0. The highest BCUT2D eigenvalue weighted by Crippen LogP contribution is 2.32. The van der Waals surface area contributed by atoms with Crippen LogP contribution < -0.4 is 5.32 Å². The molecule has 1 aliphatic rings. The number of fused-ring (bicyclic) bond motifs is 1. The molecular weight excluding hydrogens is 326 g/mol. The van der Waals surface area contributed by atoms with Gasteiger partial charge in [-0.05, 0) is 52.7 Å². The number of halogens is 1. The summed E-state index contributed by atoms with van der Waals surface area (Å²) in [4.78, 5) is 9.06. The van der Waals surface area contributed by atoms with Crippen molar-refractivity contribution >= 4 is 21.7 Å². The van der Waals surface area contributed by atoms with Crippen molar-refractivity contribution in [2.45, 2.75) is 45.1 Å². The largest absolute Gasteiger partial charge is 0.363 e. The van der Waals surface area contributed by atoms with Crippen LogP contribution in [0, 0.1) is 0 Å². The lowest BCUT2D eigenvalue weighted by Gasteiger charge is -2.27. The van der Waals surface area contributed by atoms with Gasteiger partial charge in [-0.15, -0.1) is 0 Å². The van der Waals surface area contributed by atoms with E-state index in [0.717, 1.165) is 35.5 Å². The molecule has 3 nitrogen and oxygen atoms in total. The van der Waals surface area contributed by atoms with Gasteiger partial charge in [0.25, 0.3) is 0 Å². The lowest BCUT2D eigenvalue weighted by atomic mass is 9.88. The number of benzene rings is 1. The third-order valence-electron chi connectivity index (χ3n) is 3.91. The van der Waals surface area contributed by atoms with E-state index >= 15 is 0 Å². The standard InChI is InChI=1S/C17H20BrN3/c1-2-6-16-20-15(18)11-17(21-16)19-14-10-5-8-12-7-3-4-9-13(12)14/h3-4,7,9,11,14H,2,5-6,8,10H2,1H3,(H,19,20,21). The van der Waals surface area contributed by atoms with Crippen molar-refractivity contribution in [1.29, 1.82) is 0 Å². The smallest absolute Gasteiger partial charge is 0.132 e. The Morgan fingerprint density at radius 1 is 1.29 bits per heavy atom. The zero-order valence-electron chi connectivity index (χ0n) is 12.3. The van der Waals surface area contributed by atoms with Gasteiger partial charge < -0.3 is 5.32 Å². The first-order valence-corrected chi connectivity index (χ1v) is 8.43. The summed E-state index contributed by atoms with van der Waals surface area (Å²) in [6.45, 7) is 2.15. The molecule has 4 heteroatoms. The highest BCUT2D eigenvalue weighted by molar-refractivity contribution is 9.10. The van der Waals surface area contributed by atoms with E-state index in [4.69, 9.17) is 0 Å². The van der Waals surface area contributed by atoms with Gasteiger partial charge in [0.15, 0.2) is 0 Å². The van der Waals surface area contributed by atoms with Crippen molar-refractivity contribution in [3.63, 3.8) is 0 Å². The monoisotopic (exact) mass is 345 g/mol. The zero-order chi connectivity index (χ0) is 14.7. The van der Waals surface area contributed by atoms with Gasteiger partial charge in [-0.1, -0.05) is 31.2 Å². The number of nitrogens with one attached hydrogen (secondary N) is 1. The molecule has 1 aromatic heterocycles. The number of aromatic nitrogens is 2. The van der Waals surface area contributed by atoms with E-state index in [1.807, 2.05) is 6.07 Å². The van der Waals surface area contributed by atoms with Crippen molar-refractivity contribution < 1.29 is 0 Å². The third kappa shape index (κ3) is 3.43. The molecule has 0 spiro atoms. The minimum atomic E-state index is 0.353. The molecule has 110 valence electrons. The summed E-state index contributed by atoms with van der Waals surface area (Å²) in [5.41, 5.74) is 2.87. The van der Waals surface area contributed by atoms with Crippen LogP contribution in [0.1, 0.15) is 49.2 Å². The Bertz CT molecular complexity index is 627. The van der Waals surface area contributed by atoms with Crippen LogP contribution in [-0.4, -0.2) is 9.97 Å². The second-order valence-electron chi connectivity index (χ2n) is 5.53. The van der Waals surface area contributed by atoms with Crippen molar-refractivity contribution in [2.24, 2.45) is 0 Å². The van der Waals surface area contributed by atoms with Gasteiger partial charge in [-0.2, -0.15) is 0 Å². The first kappa shape index (κ1) is 14.5. The number of aryl methyl sites for hydroxylation is 2. The molecule has 0 radical (unpaired) electrons. The van der Waals surface area contributed by atoms with E-state index in [9.17, 15) is 0 Å². The zero-order valence-corrected chi connectivity index (χ0v) is 13.9. The van der Waals surface area contributed by atoms with E-state index in [1.54, 1.807) is 0 Å². The Balaban J connectivity index is 1.84. The summed E-state index contributed by atoms with van der Waals surface area (Å²) in [5, 5.41) is 3.60. The molecular formula is C17H20BrN3. The molecule has 1 unspecified atom stereocenters. The van der Waals surface area contributed by atoms with Crippen LogP contribution in [0.4, 0.5) is 5.82 Å². The number of hydrogen-bond acceptors (Lipinski definition) is 3. The van der Waals surface area contributed by atoms with Gasteiger partial charge in [-0.3, -0.25) is 0 Å². The maximum atomic E-state index is 4.64. The molecule has 2 aromatic rings. The van der Waals surface area contributed by atoms with E-state index in [0.29, 0.717) is 6.04 Å². The fraction of sp³-hybridized carbons (Fsp3) is 0.412. The molecule has 1 heterocycles. The molecule has 1 aliphatic carbocycles. The van der Waals surface area contributed by atoms with Crippen LogP contribution in [0.25, 0.3) is 0 Å². The fourth-order valence-corrected chi connectivity index (χ4v) is 3.38. The van der Waals surface area contributed by atoms with E-state index in [2.05, 4.69) is 62.4 Å². The van der Waals surface area contributed by atoms with Crippen LogP contribution in [0.3, 0.4) is 0 Å². The first-order valence-electron chi connectivity index (χ1n) is 7.64. The van der Waals surface area contributed by atoms with Crippen molar-refractivity contribution in [3.05, 3.63) is 51.9 Å². The molecule has 0 saturated heterocycles. The molecule has 0 bridgehead atoms. The highest BCUT2D eigenvalue weighted by atomic mass is 79.9. The Hall–Kier alpha value is -1.42. The van der Waals surface area contributed by atoms with Crippen molar-refractivity contribution in [3.8, 4) is 0 Å². The molecule has 0 fully saturated rings. The lowest BCUT2D eigenvalue weighted by molar-refractivity contribution is 0.598. The van der Waals surface area contributed by atoms with Gasteiger partial charge in [-0.25, -0.2) is 9.97 Å². The second kappa shape index (κ2) is 6.56. The second-order valence-corrected chi connectivity index (χ2v) is 6.34. The maximum Gasteiger partial charge on any atom is 0.132 e. The average molecular weight is 346 g/mol. The predicted molar refractivity (Wildman–Crippen MR) is 89.5 cm³/mol. The van der Waals surface area contributed by atoms with Gasteiger partial charge in [0.2, 0.25) is 0 Å². The molecule has 1 atom stereocenters. The molecule has 0 aliphatic heterocycles. The third-order valence-corrected chi connectivity index (χ3v) is 4.31. The summed E-state index contributed by atoms with van der Waals surface area (Å²) in [7, 11) is 0. The average Bonchev–Trinajstić information content (AvgIpc) is 2.47. The Morgan fingerprint density at radius 2 is 2.14 bits per heavy atom. The number of hydrogen-bond donors (Lipinski definition) is 1. The minimum Gasteiger partial charge on any atom is -0.363 e. The van der Waals surface area contributed by atoms with Crippen LogP contribution in [0.5, 0.6) is 0 Å². The molecule has 0 amide bonds.